The second-order valence-corrected chi connectivity index (χ2v) is 4.99. The number of anilines is 1. The summed E-state index contributed by atoms with van der Waals surface area (Å²) in [5.74, 6) is 0.455. The van der Waals surface area contributed by atoms with E-state index < -0.39 is 0 Å². The van der Waals surface area contributed by atoms with Gasteiger partial charge in [0.05, 0.1) is 12.8 Å². The molecule has 6 nitrogen and oxygen atoms in total. The molecule has 22 heavy (non-hydrogen) atoms. The number of benzene rings is 1. The molecule has 1 aromatic carbocycles. The number of fused-ring (bicyclic) bond motifs is 1. The van der Waals surface area contributed by atoms with Crippen LogP contribution in [0.15, 0.2) is 41.3 Å². The Morgan fingerprint density at radius 3 is 2.77 bits per heavy atom. The Hall–Kier alpha value is -3.02. The summed E-state index contributed by atoms with van der Waals surface area (Å²) >= 11 is 0. The number of aryl methyl sites for hydroxylation is 1. The summed E-state index contributed by atoms with van der Waals surface area (Å²) in [4.78, 5) is 29.2. The predicted octanol–water partition coefficient (Wildman–Crippen LogP) is 2.43. The van der Waals surface area contributed by atoms with E-state index in [0.29, 0.717) is 16.9 Å². The number of nitrogens with one attached hydrogen (secondary N) is 3. The van der Waals surface area contributed by atoms with E-state index in [1.807, 2.05) is 18.2 Å². The van der Waals surface area contributed by atoms with Gasteiger partial charge >= 0.3 is 0 Å². The molecule has 0 aliphatic carbocycles. The van der Waals surface area contributed by atoms with Crippen LogP contribution in [-0.4, -0.2) is 23.0 Å². The molecule has 1 amide bonds. The van der Waals surface area contributed by atoms with Crippen LogP contribution in [0.4, 0.5) is 5.69 Å². The van der Waals surface area contributed by atoms with E-state index in [0.717, 1.165) is 16.7 Å². The lowest BCUT2D eigenvalue weighted by molar-refractivity contribution is 0.102. The van der Waals surface area contributed by atoms with E-state index in [9.17, 15) is 9.59 Å². The van der Waals surface area contributed by atoms with Crippen molar-refractivity contribution in [2.24, 2.45) is 0 Å². The summed E-state index contributed by atoms with van der Waals surface area (Å²) in [6.45, 7) is 1.68. The summed E-state index contributed by atoms with van der Waals surface area (Å²) in [7, 11) is 1.60. The molecule has 0 saturated heterocycles. The van der Waals surface area contributed by atoms with E-state index in [1.165, 1.54) is 6.20 Å². The Bertz CT molecular complexity index is 908. The second kappa shape index (κ2) is 5.40. The number of hydrogen-bond donors (Lipinski definition) is 3. The Morgan fingerprint density at radius 2 is 2.05 bits per heavy atom. The van der Waals surface area contributed by atoms with Gasteiger partial charge in [0.1, 0.15) is 11.4 Å². The molecule has 2 heterocycles. The predicted molar refractivity (Wildman–Crippen MR) is 84.6 cm³/mol. The maximum atomic E-state index is 12.3. The van der Waals surface area contributed by atoms with Gasteiger partial charge < -0.3 is 20.0 Å². The van der Waals surface area contributed by atoms with E-state index in [4.69, 9.17) is 4.74 Å². The fraction of sp³-hybridized carbons (Fsp3) is 0.125. The van der Waals surface area contributed by atoms with Crippen molar-refractivity contribution in [1.29, 1.82) is 0 Å². The minimum atomic E-state index is -0.276. The van der Waals surface area contributed by atoms with Crippen molar-refractivity contribution in [3.8, 4) is 5.75 Å². The Balaban J connectivity index is 1.88. The highest BCUT2D eigenvalue weighted by Gasteiger charge is 2.11. The maximum Gasteiger partial charge on any atom is 0.272 e. The van der Waals surface area contributed by atoms with Gasteiger partial charge in [-0.3, -0.25) is 9.59 Å². The highest BCUT2D eigenvalue weighted by molar-refractivity contribution is 6.06. The number of carbonyl (C=O) groups is 1. The lowest BCUT2D eigenvalue weighted by Crippen LogP contribution is -2.15. The summed E-state index contributed by atoms with van der Waals surface area (Å²) in [6, 6.07) is 8.92. The van der Waals surface area contributed by atoms with Gasteiger partial charge in [0, 0.05) is 22.7 Å². The number of pyridine rings is 1. The number of rotatable bonds is 3. The molecule has 0 unspecified atom stereocenters. The average Bonchev–Trinajstić information content (AvgIpc) is 2.94. The highest BCUT2D eigenvalue weighted by Crippen LogP contribution is 2.21. The summed E-state index contributed by atoms with van der Waals surface area (Å²) in [5.41, 5.74) is 2.20. The van der Waals surface area contributed by atoms with Crippen molar-refractivity contribution in [2.45, 2.75) is 6.92 Å². The number of amides is 1. The van der Waals surface area contributed by atoms with Crippen LogP contribution in [-0.2, 0) is 0 Å². The second-order valence-electron chi connectivity index (χ2n) is 4.99. The quantitative estimate of drug-likeness (QED) is 0.694. The van der Waals surface area contributed by atoms with Crippen LogP contribution in [0.1, 0.15) is 16.1 Å². The van der Waals surface area contributed by atoms with Gasteiger partial charge in [0.2, 0.25) is 0 Å². The zero-order valence-electron chi connectivity index (χ0n) is 12.2. The van der Waals surface area contributed by atoms with Gasteiger partial charge in [-0.05, 0) is 37.3 Å². The molecule has 0 spiro atoms. The first-order chi connectivity index (χ1) is 10.6. The summed E-state index contributed by atoms with van der Waals surface area (Å²) in [5, 5.41) is 3.64. The van der Waals surface area contributed by atoms with Gasteiger partial charge in [-0.1, -0.05) is 0 Å². The third kappa shape index (κ3) is 2.58. The third-order valence-corrected chi connectivity index (χ3v) is 3.42. The molecular formula is C16H15N3O3. The molecule has 3 rings (SSSR count). The van der Waals surface area contributed by atoms with Crippen LogP contribution < -0.4 is 15.6 Å². The van der Waals surface area contributed by atoms with Crippen LogP contribution in [0.25, 0.3) is 10.9 Å². The molecule has 6 heteroatoms. The molecule has 0 saturated carbocycles. The van der Waals surface area contributed by atoms with E-state index in [2.05, 4.69) is 15.3 Å². The van der Waals surface area contributed by atoms with E-state index >= 15 is 0 Å². The molecule has 0 bridgehead atoms. The van der Waals surface area contributed by atoms with Crippen LogP contribution in [0.3, 0.4) is 0 Å². The molecule has 2 aromatic heterocycles. The maximum absolute atomic E-state index is 12.3. The minimum Gasteiger partial charge on any atom is -0.497 e. The third-order valence-electron chi connectivity index (χ3n) is 3.42. The number of H-pyrrole nitrogens is 2. The molecule has 0 fully saturated rings. The molecular weight excluding hydrogens is 282 g/mol. The fourth-order valence-corrected chi connectivity index (χ4v) is 2.23. The van der Waals surface area contributed by atoms with E-state index in [-0.39, 0.29) is 11.5 Å². The molecule has 0 aliphatic heterocycles. The van der Waals surface area contributed by atoms with Gasteiger partial charge in [-0.2, -0.15) is 0 Å². The number of carbonyl (C=O) groups excluding carboxylic acids is 1. The first-order valence-electron chi connectivity index (χ1n) is 6.74. The number of ether oxygens (including phenoxy) is 1. The topological polar surface area (TPSA) is 87.0 Å². The first-order valence-corrected chi connectivity index (χ1v) is 6.74. The SMILES string of the molecule is COc1ccc2[nH]c(C(=O)Nc3c[nH]c(=O)c(C)c3)cc2c1. The highest BCUT2D eigenvalue weighted by atomic mass is 16.5. The number of aromatic nitrogens is 2. The zero-order chi connectivity index (χ0) is 15.7. The Labute approximate surface area is 126 Å². The van der Waals surface area contributed by atoms with Crippen molar-refractivity contribution in [3.05, 3.63) is 58.1 Å². The monoisotopic (exact) mass is 297 g/mol. The van der Waals surface area contributed by atoms with Crippen molar-refractivity contribution < 1.29 is 9.53 Å². The zero-order valence-corrected chi connectivity index (χ0v) is 12.2. The molecule has 112 valence electrons. The number of hydrogen-bond acceptors (Lipinski definition) is 3. The molecule has 3 aromatic rings. The van der Waals surface area contributed by atoms with Crippen LogP contribution in [0.2, 0.25) is 0 Å². The number of methoxy groups -OCH3 is 1. The first kappa shape index (κ1) is 13.9. The lowest BCUT2D eigenvalue weighted by Gasteiger charge is -2.03. The number of aromatic amines is 2. The van der Waals surface area contributed by atoms with E-state index in [1.54, 1.807) is 26.2 Å². The van der Waals surface area contributed by atoms with Crippen LogP contribution in [0.5, 0.6) is 5.75 Å². The molecule has 0 atom stereocenters. The van der Waals surface area contributed by atoms with Crippen molar-refractivity contribution in [3.63, 3.8) is 0 Å². The summed E-state index contributed by atoms with van der Waals surface area (Å²) < 4.78 is 5.16. The van der Waals surface area contributed by atoms with Crippen LogP contribution >= 0.6 is 0 Å². The largest absolute Gasteiger partial charge is 0.497 e. The summed E-state index contributed by atoms with van der Waals surface area (Å²) in [6.07, 6.45) is 1.47. The van der Waals surface area contributed by atoms with Crippen LogP contribution in [0, 0.1) is 6.92 Å². The van der Waals surface area contributed by atoms with Crippen molar-refractivity contribution >= 4 is 22.5 Å². The molecule has 3 N–H and O–H groups in total. The fourth-order valence-electron chi connectivity index (χ4n) is 2.23. The average molecular weight is 297 g/mol. The smallest absolute Gasteiger partial charge is 0.272 e. The normalized spacial score (nSPS) is 10.6. The van der Waals surface area contributed by atoms with Crippen molar-refractivity contribution in [2.75, 3.05) is 12.4 Å². The minimum absolute atomic E-state index is 0.171. The Morgan fingerprint density at radius 1 is 1.23 bits per heavy atom. The standard InChI is InChI=1S/C16H15N3O3/c1-9-5-11(8-17-15(9)20)18-16(21)14-7-10-6-12(22-2)3-4-13(10)19-14/h3-8,19H,1-2H3,(H,17,20)(H,18,21). The van der Waals surface area contributed by atoms with Gasteiger partial charge in [-0.25, -0.2) is 0 Å². The Kier molecular flexibility index (Phi) is 3.42. The lowest BCUT2D eigenvalue weighted by atomic mass is 10.2. The van der Waals surface area contributed by atoms with Crippen molar-refractivity contribution in [1.82, 2.24) is 9.97 Å². The van der Waals surface area contributed by atoms with Gasteiger partial charge in [-0.15, -0.1) is 0 Å². The van der Waals surface area contributed by atoms with Gasteiger partial charge in [0.25, 0.3) is 11.5 Å². The molecule has 0 aliphatic rings. The molecule has 0 radical (unpaired) electrons. The van der Waals surface area contributed by atoms with Gasteiger partial charge in [0.15, 0.2) is 0 Å².